The topological polar surface area (TPSA) is 76.7 Å². The summed E-state index contributed by atoms with van der Waals surface area (Å²) < 4.78 is 10.6. The number of phenols is 1. The van der Waals surface area contributed by atoms with Crippen LogP contribution in [-0.4, -0.2) is 18.5 Å². The van der Waals surface area contributed by atoms with Crippen LogP contribution in [0.5, 0.6) is 11.5 Å². The Labute approximate surface area is 110 Å². The molecule has 0 radical (unpaired) electrons. The van der Waals surface area contributed by atoms with E-state index in [1.165, 1.54) is 13.2 Å². The van der Waals surface area contributed by atoms with Crippen molar-refractivity contribution in [3.63, 3.8) is 0 Å². The molecule has 94 valence electrons. The van der Waals surface area contributed by atoms with Gasteiger partial charge >= 0.3 is 0 Å². The van der Waals surface area contributed by atoms with E-state index in [2.05, 4.69) is 15.9 Å². The van der Waals surface area contributed by atoms with Crippen LogP contribution in [0.2, 0.25) is 0 Å². The quantitative estimate of drug-likeness (QED) is 0.862. The first-order valence-electron chi connectivity index (χ1n) is 4.99. The van der Waals surface area contributed by atoms with E-state index in [1.807, 2.05) is 0 Å². The van der Waals surface area contributed by atoms with Gasteiger partial charge in [-0.15, -0.1) is 0 Å². The van der Waals surface area contributed by atoms with Crippen molar-refractivity contribution in [2.75, 3.05) is 7.11 Å². The van der Waals surface area contributed by atoms with Crippen LogP contribution in [0.1, 0.15) is 16.1 Å². The standard InChI is InChI=1S/C12H9BrO5/c1-5-3-7(15)8-11(17-2)6(4-14)10(16)9(13)12(8)18-5/h3-4,16H,1-2H3. The normalized spacial score (nSPS) is 10.6. The minimum absolute atomic E-state index is 0.00875. The smallest absolute Gasteiger partial charge is 0.196 e. The van der Waals surface area contributed by atoms with Gasteiger partial charge in [0.15, 0.2) is 17.3 Å². The number of hydrogen-bond acceptors (Lipinski definition) is 5. The van der Waals surface area contributed by atoms with E-state index in [1.54, 1.807) is 6.92 Å². The van der Waals surface area contributed by atoms with Gasteiger partial charge in [-0.1, -0.05) is 0 Å². The van der Waals surface area contributed by atoms with E-state index in [9.17, 15) is 14.7 Å². The first-order valence-corrected chi connectivity index (χ1v) is 5.78. The molecule has 0 saturated carbocycles. The average Bonchev–Trinajstić information content (AvgIpc) is 2.33. The number of rotatable bonds is 2. The molecule has 2 rings (SSSR count). The molecule has 0 aliphatic carbocycles. The van der Waals surface area contributed by atoms with E-state index < -0.39 is 0 Å². The number of methoxy groups -OCH3 is 1. The van der Waals surface area contributed by atoms with E-state index in [0.29, 0.717) is 12.0 Å². The van der Waals surface area contributed by atoms with Crippen molar-refractivity contribution in [2.45, 2.75) is 6.92 Å². The van der Waals surface area contributed by atoms with Crippen molar-refractivity contribution in [1.29, 1.82) is 0 Å². The number of aryl methyl sites for hydroxylation is 1. The molecule has 1 aromatic heterocycles. The predicted octanol–water partition coefficient (Wildman–Crippen LogP) is 2.39. The lowest BCUT2D eigenvalue weighted by molar-refractivity contribution is 0.111. The zero-order valence-corrected chi connectivity index (χ0v) is 11.2. The lowest BCUT2D eigenvalue weighted by atomic mass is 10.1. The van der Waals surface area contributed by atoms with Gasteiger partial charge in [0.2, 0.25) is 0 Å². The molecule has 0 amide bonds. The van der Waals surface area contributed by atoms with Crippen molar-refractivity contribution in [2.24, 2.45) is 0 Å². The number of aldehydes is 1. The Morgan fingerprint density at radius 3 is 2.72 bits per heavy atom. The van der Waals surface area contributed by atoms with Gasteiger partial charge in [0.1, 0.15) is 32.7 Å². The monoisotopic (exact) mass is 312 g/mol. The third kappa shape index (κ3) is 1.69. The van der Waals surface area contributed by atoms with Crippen LogP contribution in [0.15, 0.2) is 19.8 Å². The van der Waals surface area contributed by atoms with Gasteiger partial charge < -0.3 is 14.3 Å². The van der Waals surface area contributed by atoms with E-state index in [4.69, 9.17) is 9.15 Å². The fraction of sp³-hybridized carbons (Fsp3) is 0.167. The number of carbonyl (C=O) groups excluding carboxylic acids is 1. The summed E-state index contributed by atoms with van der Waals surface area (Å²) in [7, 11) is 1.31. The fourth-order valence-electron chi connectivity index (χ4n) is 1.77. The fourth-order valence-corrected chi connectivity index (χ4v) is 2.26. The summed E-state index contributed by atoms with van der Waals surface area (Å²) in [5.74, 6) is 0.0889. The minimum Gasteiger partial charge on any atom is -0.506 e. The molecule has 6 heteroatoms. The highest BCUT2D eigenvalue weighted by Gasteiger charge is 2.22. The number of halogens is 1. The number of benzene rings is 1. The number of hydrogen-bond donors (Lipinski definition) is 1. The second-order valence-electron chi connectivity index (χ2n) is 3.65. The molecule has 0 aliphatic heterocycles. The highest BCUT2D eigenvalue weighted by Crippen LogP contribution is 2.41. The molecule has 1 N–H and O–H groups in total. The number of fused-ring (bicyclic) bond motifs is 1. The Morgan fingerprint density at radius 2 is 2.17 bits per heavy atom. The van der Waals surface area contributed by atoms with E-state index >= 15 is 0 Å². The van der Waals surface area contributed by atoms with Crippen LogP contribution < -0.4 is 10.2 Å². The molecule has 0 bridgehead atoms. The molecule has 2 aromatic rings. The molecular formula is C12H9BrO5. The van der Waals surface area contributed by atoms with Crippen LogP contribution in [0.25, 0.3) is 11.0 Å². The van der Waals surface area contributed by atoms with Gasteiger partial charge in [0.05, 0.1) is 7.11 Å². The first kappa shape index (κ1) is 12.6. The zero-order valence-electron chi connectivity index (χ0n) is 9.61. The molecule has 5 nitrogen and oxygen atoms in total. The van der Waals surface area contributed by atoms with Crippen molar-refractivity contribution >= 4 is 33.2 Å². The van der Waals surface area contributed by atoms with Gasteiger partial charge in [-0.05, 0) is 22.9 Å². The zero-order chi connectivity index (χ0) is 13.4. The van der Waals surface area contributed by atoms with Gasteiger partial charge in [-0.25, -0.2) is 0 Å². The minimum atomic E-state index is -0.339. The van der Waals surface area contributed by atoms with Gasteiger partial charge in [-0.2, -0.15) is 0 Å². The molecule has 0 atom stereocenters. The molecule has 1 aromatic carbocycles. The molecule has 0 aliphatic rings. The number of carbonyl (C=O) groups is 1. The van der Waals surface area contributed by atoms with Crippen molar-refractivity contribution in [3.05, 3.63) is 32.1 Å². The highest BCUT2D eigenvalue weighted by atomic mass is 79.9. The van der Waals surface area contributed by atoms with Crippen molar-refractivity contribution < 1.29 is 19.1 Å². The Kier molecular flexibility index (Phi) is 3.13. The average molecular weight is 313 g/mol. The number of phenolic OH excluding ortho intramolecular Hbond substituents is 1. The first-order chi connectivity index (χ1) is 8.51. The summed E-state index contributed by atoms with van der Waals surface area (Å²) >= 11 is 3.11. The van der Waals surface area contributed by atoms with Crippen LogP contribution in [0.3, 0.4) is 0 Å². The molecular weight excluding hydrogens is 304 g/mol. The van der Waals surface area contributed by atoms with Crippen LogP contribution in [0, 0.1) is 6.92 Å². The maximum atomic E-state index is 12.0. The molecule has 0 unspecified atom stereocenters. The van der Waals surface area contributed by atoms with Gasteiger partial charge in [0.25, 0.3) is 0 Å². The SMILES string of the molecule is COc1c(C=O)c(O)c(Br)c2oc(C)cc(=O)c12. The second-order valence-corrected chi connectivity index (χ2v) is 4.45. The summed E-state index contributed by atoms with van der Waals surface area (Å²) in [6.07, 6.45) is 0.428. The van der Waals surface area contributed by atoms with Crippen molar-refractivity contribution in [3.8, 4) is 11.5 Å². The largest absolute Gasteiger partial charge is 0.506 e. The van der Waals surface area contributed by atoms with Gasteiger partial charge in [0, 0.05) is 6.07 Å². The number of aromatic hydroxyl groups is 1. The Bertz CT molecular complexity index is 702. The summed E-state index contributed by atoms with van der Waals surface area (Å²) in [6.45, 7) is 1.62. The Balaban J connectivity index is 3.14. The third-order valence-electron chi connectivity index (χ3n) is 2.53. The molecule has 18 heavy (non-hydrogen) atoms. The van der Waals surface area contributed by atoms with Crippen LogP contribution in [-0.2, 0) is 0 Å². The van der Waals surface area contributed by atoms with E-state index in [0.717, 1.165) is 0 Å². The summed E-state index contributed by atoms with van der Waals surface area (Å²) in [6, 6.07) is 1.29. The molecule has 0 saturated heterocycles. The highest BCUT2D eigenvalue weighted by molar-refractivity contribution is 9.10. The molecule has 1 heterocycles. The Hall–Kier alpha value is -1.82. The van der Waals surface area contributed by atoms with Crippen LogP contribution >= 0.6 is 15.9 Å². The molecule has 0 spiro atoms. The van der Waals surface area contributed by atoms with Crippen molar-refractivity contribution in [1.82, 2.24) is 0 Å². The molecule has 0 fully saturated rings. The second kappa shape index (κ2) is 4.45. The summed E-state index contributed by atoms with van der Waals surface area (Å²) in [4.78, 5) is 22.9. The maximum Gasteiger partial charge on any atom is 0.196 e. The lowest BCUT2D eigenvalue weighted by Gasteiger charge is -2.11. The predicted molar refractivity (Wildman–Crippen MR) is 68.5 cm³/mol. The summed E-state index contributed by atoms with van der Waals surface area (Å²) in [5.41, 5.74) is -0.276. The maximum absolute atomic E-state index is 12.0. The van der Waals surface area contributed by atoms with E-state index in [-0.39, 0.29) is 37.9 Å². The summed E-state index contributed by atoms with van der Waals surface area (Å²) in [5, 5.41) is 9.99. The van der Waals surface area contributed by atoms with Gasteiger partial charge in [-0.3, -0.25) is 9.59 Å². The Morgan fingerprint density at radius 1 is 1.50 bits per heavy atom. The van der Waals surface area contributed by atoms with Crippen LogP contribution in [0.4, 0.5) is 0 Å². The third-order valence-corrected chi connectivity index (χ3v) is 3.26. The number of ether oxygens (including phenoxy) is 1. The lowest BCUT2D eigenvalue weighted by Crippen LogP contribution is -2.05.